The Hall–Kier alpha value is 3.09. The van der Waals surface area contributed by atoms with Gasteiger partial charge in [-0.2, -0.15) is 0 Å². The van der Waals surface area contributed by atoms with E-state index in [4.69, 9.17) is 33.3 Å². The molecule has 5 N–H and O–H groups in total. The molecule has 0 saturated carbocycles. The maximum absolute atomic E-state index is 8.88. The average molecular weight is 373 g/mol. The van der Waals surface area contributed by atoms with Gasteiger partial charge in [0.05, 0.1) is 0 Å². The van der Waals surface area contributed by atoms with Gasteiger partial charge in [0.2, 0.25) is 0 Å². The second-order valence-corrected chi connectivity index (χ2v) is 2.39. The summed E-state index contributed by atoms with van der Waals surface area (Å²) in [5.41, 5.74) is 0. The topological polar surface area (TPSA) is 135 Å². The molecule has 0 atom stereocenters. The molecule has 0 fully saturated rings. The van der Waals surface area contributed by atoms with Crippen LogP contribution in [-0.2, 0) is 28.5 Å². The first-order valence-electron chi connectivity index (χ1n) is 1.43. The van der Waals surface area contributed by atoms with Gasteiger partial charge >= 0.3 is 100 Å². The monoisotopic (exact) mass is 372 g/mol. The van der Waals surface area contributed by atoms with E-state index in [0.29, 0.717) is 0 Å². The molecule has 12 heavy (non-hydrogen) atoms. The van der Waals surface area contributed by atoms with Gasteiger partial charge in [0.1, 0.15) is 0 Å². The molecule has 0 aliphatic carbocycles. The van der Waals surface area contributed by atoms with Gasteiger partial charge in [0, 0.05) is 19.5 Å². The summed E-state index contributed by atoms with van der Waals surface area (Å²) in [6.07, 6.45) is 0. The zero-order valence-electron chi connectivity index (χ0n) is 4.71. The van der Waals surface area contributed by atoms with Crippen molar-refractivity contribution >= 4 is 100 Å². The third kappa shape index (κ3) is 200. The van der Waals surface area contributed by atoms with Crippen molar-refractivity contribution < 1.29 is 52.8 Å². The van der Waals surface area contributed by atoms with Crippen molar-refractivity contribution in [2.24, 2.45) is 0 Å². The van der Waals surface area contributed by atoms with Crippen LogP contribution in [0.3, 0.4) is 0 Å². The molecule has 0 bridgehead atoms. The Kier molecular flexibility index (Phi) is 40.5. The summed E-state index contributed by atoms with van der Waals surface area (Å²) in [6.45, 7) is 0. The molecule has 0 unspecified atom stereocenters. The van der Waals surface area contributed by atoms with E-state index in [2.05, 4.69) is 0 Å². The number of rotatable bonds is 0. The van der Waals surface area contributed by atoms with Crippen LogP contribution < -0.4 is 0 Å². The largest absolute Gasteiger partial charge is 0 e. The van der Waals surface area contributed by atoms with Gasteiger partial charge in [-0.15, -0.1) is 0 Å². The van der Waals surface area contributed by atoms with E-state index in [1.54, 1.807) is 0 Å². The molecule has 0 rings (SSSR count). The predicted octanol–water partition coefficient (Wildman–Crippen LogP) is -4.38. The van der Waals surface area contributed by atoms with Crippen molar-refractivity contribution in [3.05, 3.63) is 0 Å². The Bertz CT molecular complexity index is 123. The SMILES string of the molecule is O=P(O)(O)O.O=[Si](O)O.[CaH2].[SrH2].[Zn]. The Labute approximate surface area is 150 Å². The second kappa shape index (κ2) is 16.5. The van der Waals surface area contributed by atoms with Crippen molar-refractivity contribution in [3.8, 4) is 0 Å². The van der Waals surface area contributed by atoms with Crippen LogP contribution >= 0.6 is 7.82 Å². The van der Waals surface area contributed by atoms with E-state index in [1.807, 2.05) is 0 Å². The molecular formula is H9CaO7PSiSrZn. The Morgan fingerprint density at radius 3 is 1.08 bits per heavy atom. The van der Waals surface area contributed by atoms with Crippen molar-refractivity contribution in [1.82, 2.24) is 0 Å². The normalized spacial score (nSPS) is 6.92. The third-order valence-corrected chi connectivity index (χ3v) is 0. The smallest absolute Gasteiger partial charge is 0 e. The van der Waals surface area contributed by atoms with E-state index in [1.165, 1.54) is 0 Å². The van der Waals surface area contributed by atoms with Crippen molar-refractivity contribution in [1.29, 1.82) is 0 Å². The summed E-state index contributed by atoms with van der Waals surface area (Å²) in [7, 11) is -7.77. The van der Waals surface area contributed by atoms with Gasteiger partial charge in [-0.3, -0.25) is 4.46 Å². The van der Waals surface area contributed by atoms with E-state index in [9.17, 15) is 0 Å². The second-order valence-electron chi connectivity index (χ2n) is 0.796. The van der Waals surface area contributed by atoms with Crippen LogP contribution in [0.5, 0.6) is 0 Å². The summed E-state index contributed by atoms with van der Waals surface area (Å²) in [4.78, 5) is 35.9. The minimum absolute atomic E-state index is 0. The standard InChI is InChI=1S/Ca.H3O4P.H2O3Si.Sr.Zn.4H/c;1-5(2,3)4;1-4(2)3;;;;;;/h;(H3,1,2,3,4);1-2H;;;;;;. The maximum atomic E-state index is 8.88. The fraction of sp³-hybridized carbons (Fsp3) is 0. The maximum Gasteiger partial charge on any atom is 0 e. The molecule has 7 nitrogen and oxygen atoms in total. The number of hydrogen-bond donors (Lipinski definition) is 5. The van der Waals surface area contributed by atoms with Gasteiger partial charge in [-0.25, -0.2) is 4.57 Å². The molecule has 0 heterocycles. The molecule has 0 radical (unpaired) electrons. The van der Waals surface area contributed by atoms with Crippen LogP contribution in [0.15, 0.2) is 0 Å². The van der Waals surface area contributed by atoms with Gasteiger partial charge in [-0.05, 0) is 0 Å². The van der Waals surface area contributed by atoms with Crippen LogP contribution in [0, 0.1) is 0 Å². The fourth-order valence-electron chi connectivity index (χ4n) is 0. The van der Waals surface area contributed by atoms with Crippen LogP contribution in [-0.4, -0.2) is 117 Å². The van der Waals surface area contributed by atoms with Gasteiger partial charge < -0.3 is 24.3 Å². The molecule has 0 spiro atoms. The molecule has 0 saturated heterocycles. The molecule has 0 amide bonds. The molecule has 0 aliphatic heterocycles. The molecular weight excluding hydrogens is 364 g/mol. The van der Waals surface area contributed by atoms with Crippen molar-refractivity contribution in [2.45, 2.75) is 0 Å². The molecule has 0 aromatic rings. The Morgan fingerprint density at radius 2 is 1.08 bits per heavy atom. The van der Waals surface area contributed by atoms with E-state index in [-0.39, 0.29) is 103 Å². The minimum Gasteiger partial charge on any atom is 0 e. The number of phosphoric acid groups is 1. The minimum atomic E-state index is -4.64. The molecule has 0 aliphatic rings. The van der Waals surface area contributed by atoms with E-state index < -0.39 is 17.0 Å². The first kappa shape index (κ1) is 29.4. The zero-order valence-corrected chi connectivity index (χ0v) is 9.57. The summed E-state index contributed by atoms with van der Waals surface area (Å²) < 4.78 is 17.6. The molecule has 66 valence electrons. The van der Waals surface area contributed by atoms with E-state index >= 15 is 0 Å². The first-order chi connectivity index (χ1) is 3.73. The van der Waals surface area contributed by atoms with Crippen LogP contribution in [0.2, 0.25) is 0 Å². The summed E-state index contributed by atoms with van der Waals surface area (Å²) in [5.74, 6) is 0. The number of hydrogen-bond acceptors (Lipinski definition) is 2. The fourth-order valence-corrected chi connectivity index (χ4v) is 0. The average Bonchev–Trinajstić information content (AvgIpc) is 1.19. The summed E-state index contributed by atoms with van der Waals surface area (Å²) in [6, 6.07) is 0. The summed E-state index contributed by atoms with van der Waals surface area (Å²) in [5, 5.41) is 0. The van der Waals surface area contributed by atoms with Crippen LogP contribution in [0.4, 0.5) is 0 Å². The first-order valence-corrected chi connectivity index (χ1v) is 4.30. The van der Waals surface area contributed by atoms with Gasteiger partial charge in [-0.1, -0.05) is 0 Å². The van der Waals surface area contributed by atoms with Crippen molar-refractivity contribution in [3.63, 3.8) is 0 Å². The predicted molar refractivity (Wildman–Crippen MR) is 42.2 cm³/mol. The molecule has 0 aromatic heterocycles. The quantitative estimate of drug-likeness (QED) is 0.214. The van der Waals surface area contributed by atoms with Gasteiger partial charge in [0.15, 0.2) is 0 Å². The Balaban J connectivity index is -0.0000000221. The molecule has 12 heteroatoms. The zero-order chi connectivity index (χ0) is 8.08. The molecule has 0 aromatic carbocycles. The Morgan fingerprint density at radius 1 is 1.08 bits per heavy atom. The van der Waals surface area contributed by atoms with Gasteiger partial charge in [0.25, 0.3) is 0 Å². The summed E-state index contributed by atoms with van der Waals surface area (Å²) >= 11 is 0. The van der Waals surface area contributed by atoms with Crippen molar-refractivity contribution in [2.75, 3.05) is 0 Å². The third-order valence-electron chi connectivity index (χ3n) is 0. The van der Waals surface area contributed by atoms with Crippen LogP contribution in [0.1, 0.15) is 0 Å². The van der Waals surface area contributed by atoms with E-state index in [0.717, 1.165) is 0 Å². The van der Waals surface area contributed by atoms with Crippen LogP contribution in [0.25, 0.3) is 0 Å².